The van der Waals surface area contributed by atoms with Crippen molar-refractivity contribution in [2.45, 2.75) is 57.8 Å². The number of carbonyl (C=O) groups excluding carboxylic acids is 1. The lowest BCUT2D eigenvalue weighted by molar-refractivity contribution is 0.102. The van der Waals surface area contributed by atoms with Crippen LogP contribution in [0.15, 0.2) is 65.6 Å². The number of amides is 1. The number of carbonyl (C=O) groups is 1. The number of nitrogens with one attached hydrogen (secondary N) is 2. The summed E-state index contributed by atoms with van der Waals surface area (Å²) in [6.45, 7) is 12.1. The molecule has 1 amide bonds. The van der Waals surface area contributed by atoms with Crippen molar-refractivity contribution in [1.29, 1.82) is 0 Å². The van der Waals surface area contributed by atoms with Gasteiger partial charge in [0.05, 0.1) is 17.7 Å². The molecule has 0 unspecified atom stereocenters. The molecule has 0 saturated carbocycles. The molecule has 0 aliphatic heterocycles. The Morgan fingerprint density at radius 2 is 1.57 bits per heavy atom. The van der Waals surface area contributed by atoms with Gasteiger partial charge in [-0.05, 0) is 77.4 Å². The Labute approximate surface area is 208 Å². The number of hydrogen-bond acceptors (Lipinski definition) is 4. The van der Waals surface area contributed by atoms with Gasteiger partial charge in [0.2, 0.25) is 0 Å². The molecule has 0 fully saturated rings. The van der Waals surface area contributed by atoms with Crippen molar-refractivity contribution in [3.05, 3.63) is 82.9 Å². The minimum atomic E-state index is -3.86. The molecule has 7 heteroatoms. The number of aryl methyl sites for hydroxylation is 1. The fourth-order valence-corrected chi connectivity index (χ4v) is 5.10. The van der Waals surface area contributed by atoms with Crippen LogP contribution in [0.2, 0.25) is 0 Å². The van der Waals surface area contributed by atoms with Gasteiger partial charge in [0.25, 0.3) is 15.9 Å². The maximum absolute atomic E-state index is 13.2. The minimum Gasteiger partial charge on any atom is -0.496 e. The van der Waals surface area contributed by atoms with E-state index in [1.165, 1.54) is 0 Å². The number of sulfonamides is 1. The van der Waals surface area contributed by atoms with E-state index in [0.29, 0.717) is 28.3 Å². The number of methoxy groups -OCH3 is 1. The molecule has 0 aromatic heterocycles. The van der Waals surface area contributed by atoms with Crippen LogP contribution in [0.1, 0.15) is 67.6 Å². The van der Waals surface area contributed by atoms with Crippen molar-refractivity contribution in [3.63, 3.8) is 0 Å². The van der Waals surface area contributed by atoms with Crippen LogP contribution in [0, 0.1) is 6.92 Å². The zero-order valence-corrected chi connectivity index (χ0v) is 22.2. The fourth-order valence-electron chi connectivity index (χ4n) is 3.79. The third-order valence-corrected chi connectivity index (χ3v) is 7.35. The molecule has 0 atom stereocenters. The van der Waals surface area contributed by atoms with Gasteiger partial charge in [0.1, 0.15) is 5.75 Å². The van der Waals surface area contributed by atoms with Crippen molar-refractivity contribution < 1.29 is 17.9 Å². The summed E-state index contributed by atoms with van der Waals surface area (Å²) in [7, 11) is -2.28. The summed E-state index contributed by atoms with van der Waals surface area (Å²) < 4.78 is 34.5. The van der Waals surface area contributed by atoms with Gasteiger partial charge in [-0.3, -0.25) is 9.52 Å². The van der Waals surface area contributed by atoms with E-state index in [0.717, 1.165) is 11.1 Å². The molecule has 3 aromatic carbocycles. The molecule has 0 bridgehead atoms. The SMILES string of the molecule is COc1cc(C)c(S(=O)(=O)Nc2cccc(NC(=O)c3ccc(C(C)(C)C)cc3)c2)cc1C(C)C. The van der Waals surface area contributed by atoms with E-state index in [1.807, 2.05) is 26.0 Å². The van der Waals surface area contributed by atoms with Crippen LogP contribution in [0.4, 0.5) is 11.4 Å². The van der Waals surface area contributed by atoms with Crippen molar-refractivity contribution >= 4 is 27.3 Å². The second kappa shape index (κ2) is 10.1. The van der Waals surface area contributed by atoms with Crippen LogP contribution in [0.3, 0.4) is 0 Å². The first-order valence-electron chi connectivity index (χ1n) is 11.5. The third-order valence-electron chi connectivity index (χ3n) is 5.82. The van der Waals surface area contributed by atoms with E-state index >= 15 is 0 Å². The van der Waals surface area contributed by atoms with Crippen LogP contribution < -0.4 is 14.8 Å². The first kappa shape index (κ1) is 26.3. The van der Waals surface area contributed by atoms with Crippen LogP contribution in [-0.4, -0.2) is 21.4 Å². The molecule has 3 aromatic rings. The zero-order valence-electron chi connectivity index (χ0n) is 21.4. The average molecular weight is 495 g/mol. The molecule has 0 saturated heterocycles. The van der Waals surface area contributed by atoms with Gasteiger partial charge in [-0.1, -0.05) is 52.8 Å². The van der Waals surface area contributed by atoms with Crippen molar-refractivity contribution in [1.82, 2.24) is 0 Å². The van der Waals surface area contributed by atoms with Gasteiger partial charge in [0.15, 0.2) is 0 Å². The normalized spacial score (nSPS) is 11.9. The van der Waals surface area contributed by atoms with Gasteiger partial charge in [-0.2, -0.15) is 0 Å². The molecule has 0 aliphatic carbocycles. The largest absolute Gasteiger partial charge is 0.496 e. The summed E-state index contributed by atoms with van der Waals surface area (Å²) in [5, 5.41) is 2.84. The number of benzene rings is 3. The third kappa shape index (κ3) is 6.22. The van der Waals surface area contributed by atoms with Crippen molar-refractivity contribution in [3.8, 4) is 5.75 Å². The Kier molecular flexibility index (Phi) is 7.60. The van der Waals surface area contributed by atoms with Crippen molar-refractivity contribution in [2.24, 2.45) is 0 Å². The van der Waals surface area contributed by atoms with Gasteiger partial charge in [-0.25, -0.2) is 8.42 Å². The maximum Gasteiger partial charge on any atom is 0.262 e. The van der Waals surface area contributed by atoms with Gasteiger partial charge in [0, 0.05) is 11.3 Å². The topological polar surface area (TPSA) is 84.5 Å². The van der Waals surface area contributed by atoms with E-state index in [1.54, 1.807) is 62.6 Å². The quantitative estimate of drug-likeness (QED) is 0.394. The zero-order chi connectivity index (χ0) is 26.0. The van der Waals surface area contributed by atoms with E-state index in [4.69, 9.17) is 4.74 Å². The van der Waals surface area contributed by atoms with Crippen LogP contribution in [0.5, 0.6) is 5.75 Å². The smallest absolute Gasteiger partial charge is 0.262 e. The molecule has 0 aliphatic rings. The molecule has 0 radical (unpaired) electrons. The van der Waals surface area contributed by atoms with Gasteiger partial charge >= 0.3 is 0 Å². The van der Waals surface area contributed by atoms with Gasteiger partial charge in [-0.15, -0.1) is 0 Å². The molecular formula is C28H34N2O4S. The standard InChI is InChI=1S/C28H34N2O4S/c1-18(2)24-17-26(19(3)15-25(24)34-7)35(32,33)30-23-10-8-9-22(16-23)29-27(31)20-11-13-21(14-12-20)28(4,5)6/h8-18,30H,1-7H3,(H,29,31). The summed E-state index contributed by atoms with van der Waals surface area (Å²) in [5.41, 5.74) is 3.91. The Hall–Kier alpha value is -3.32. The second-order valence-electron chi connectivity index (χ2n) is 9.98. The molecule has 186 valence electrons. The lowest BCUT2D eigenvalue weighted by atomic mass is 9.87. The van der Waals surface area contributed by atoms with Gasteiger partial charge < -0.3 is 10.1 Å². The molecule has 3 rings (SSSR count). The number of hydrogen-bond donors (Lipinski definition) is 2. The predicted molar refractivity (Wildman–Crippen MR) is 142 cm³/mol. The van der Waals surface area contributed by atoms with E-state index in [-0.39, 0.29) is 22.1 Å². The summed E-state index contributed by atoms with van der Waals surface area (Å²) in [4.78, 5) is 12.9. The Bertz CT molecular complexity index is 1320. The average Bonchev–Trinajstić information content (AvgIpc) is 2.77. The predicted octanol–water partition coefficient (Wildman–Crippen LogP) is 6.48. The van der Waals surface area contributed by atoms with Crippen LogP contribution in [0.25, 0.3) is 0 Å². The van der Waals surface area contributed by atoms with Crippen molar-refractivity contribution in [2.75, 3.05) is 17.1 Å². The maximum atomic E-state index is 13.2. The molecular weight excluding hydrogens is 460 g/mol. The summed E-state index contributed by atoms with van der Waals surface area (Å²) in [6.07, 6.45) is 0. The Morgan fingerprint density at radius 3 is 2.14 bits per heavy atom. The number of ether oxygens (including phenoxy) is 1. The lowest BCUT2D eigenvalue weighted by Crippen LogP contribution is -2.16. The highest BCUT2D eigenvalue weighted by molar-refractivity contribution is 7.92. The number of anilines is 2. The fraction of sp³-hybridized carbons (Fsp3) is 0.321. The van der Waals surface area contributed by atoms with E-state index in [2.05, 4.69) is 30.8 Å². The Balaban J connectivity index is 1.82. The van der Waals surface area contributed by atoms with Crippen LogP contribution >= 0.6 is 0 Å². The summed E-state index contributed by atoms with van der Waals surface area (Å²) in [6, 6.07) is 17.5. The first-order chi connectivity index (χ1) is 16.3. The molecule has 0 spiro atoms. The minimum absolute atomic E-state index is 0.00132. The monoisotopic (exact) mass is 494 g/mol. The first-order valence-corrected chi connectivity index (χ1v) is 13.0. The van der Waals surface area contributed by atoms with Crippen LogP contribution in [-0.2, 0) is 15.4 Å². The second-order valence-corrected chi connectivity index (χ2v) is 11.6. The highest BCUT2D eigenvalue weighted by Crippen LogP contribution is 2.32. The summed E-state index contributed by atoms with van der Waals surface area (Å²) in [5.74, 6) is 0.491. The molecule has 0 heterocycles. The molecule has 6 nitrogen and oxygen atoms in total. The number of rotatable bonds is 7. The molecule has 2 N–H and O–H groups in total. The van der Waals surface area contributed by atoms with E-state index < -0.39 is 10.0 Å². The van der Waals surface area contributed by atoms with E-state index in [9.17, 15) is 13.2 Å². The molecule has 35 heavy (non-hydrogen) atoms. The highest BCUT2D eigenvalue weighted by Gasteiger charge is 2.21. The summed E-state index contributed by atoms with van der Waals surface area (Å²) >= 11 is 0. The highest BCUT2D eigenvalue weighted by atomic mass is 32.2. The Morgan fingerprint density at radius 1 is 0.943 bits per heavy atom. The lowest BCUT2D eigenvalue weighted by Gasteiger charge is -2.19.